The minimum Gasteiger partial charge on any atom is -0.324 e. The highest BCUT2D eigenvalue weighted by Gasteiger charge is 2.28. The molecule has 1 saturated carbocycles. The molecule has 0 spiro atoms. The van der Waals surface area contributed by atoms with Crippen LogP contribution in [0.25, 0.3) is 0 Å². The fourth-order valence-electron chi connectivity index (χ4n) is 1.74. The largest absolute Gasteiger partial charge is 0.324 e. The minimum atomic E-state index is -0.144. The summed E-state index contributed by atoms with van der Waals surface area (Å²) >= 11 is 10.7. The summed E-state index contributed by atoms with van der Waals surface area (Å²) in [5, 5.41) is 15.5. The van der Waals surface area contributed by atoms with Crippen molar-refractivity contribution < 1.29 is 4.79 Å². The van der Waals surface area contributed by atoms with E-state index in [0.29, 0.717) is 21.9 Å². The van der Waals surface area contributed by atoms with Crippen molar-refractivity contribution in [3.05, 3.63) is 27.7 Å². The number of hydrogen-bond donors (Lipinski definition) is 1. The Balaban J connectivity index is 1.57. The van der Waals surface area contributed by atoms with Crippen LogP contribution < -0.4 is 5.32 Å². The van der Waals surface area contributed by atoms with Crippen LogP contribution in [0.4, 0.5) is 5.69 Å². The van der Waals surface area contributed by atoms with Gasteiger partial charge in [-0.3, -0.25) is 4.79 Å². The molecule has 0 radical (unpaired) electrons. The van der Waals surface area contributed by atoms with Crippen LogP contribution in [0.5, 0.6) is 0 Å². The third-order valence-corrected chi connectivity index (χ3v) is 4.63. The Morgan fingerprint density at radius 3 is 3.05 bits per heavy atom. The SMILES string of the molecule is O=C(CSc1nnnn1C1CC1)Nc1ccc(Br)cc1Cl. The van der Waals surface area contributed by atoms with Crippen LogP contribution in [-0.2, 0) is 4.79 Å². The van der Waals surface area contributed by atoms with Gasteiger partial charge in [0.25, 0.3) is 0 Å². The average Bonchev–Trinajstić information content (AvgIpc) is 3.18. The number of rotatable bonds is 5. The second kappa shape index (κ2) is 6.33. The topological polar surface area (TPSA) is 72.7 Å². The van der Waals surface area contributed by atoms with E-state index < -0.39 is 0 Å². The molecule has 0 bridgehead atoms. The van der Waals surface area contributed by atoms with E-state index in [9.17, 15) is 4.79 Å². The third kappa shape index (κ3) is 3.75. The van der Waals surface area contributed by atoms with Crippen molar-refractivity contribution >= 4 is 50.9 Å². The zero-order valence-corrected chi connectivity index (χ0v) is 14.0. The molecular weight excluding hydrogens is 378 g/mol. The lowest BCUT2D eigenvalue weighted by Crippen LogP contribution is -2.15. The number of carbonyl (C=O) groups excluding carboxylic acids is 1. The first-order valence-electron chi connectivity index (χ1n) is 6.29. The van der Waals surface area contributed by atoms with Gasteiger partial charge >= 0.3 is 0 Å². The predicted octanol–water partition coefficient (Wildman–Crippen LogP) is 3.15. The van der Waals surface area contributed by atoms with Crippen LogP contribution in [0.1, 0.15) is 18.9 Å². The zero-order chi connectivity index (χ0) is 14.8. The van der Waals surface area contributed by atoms with Gasteiger partial charge in [-0.05, 0) is 41.5 Å². The third-order valence-electron chi connectivity index (χ3n) is 2.89. The van der Waals surface area contributed by atoms with E-state index in [1.165, 1.54) is 11.8 Å². The standard InChI is InChI=1S/C12H11BrClN5OS/c13-7-1-4-10(9(14)5-7)15-11(20)6-21-12-16-17-18-19(12)8-2-3-8/h1,4-5,8H,2-3,6H2,(H,15,20). The van der Waals surface area contributed by atoms with Crippen molar-refractivity contribution in [1.82, 2.24) is 20.2 Å². The molecule has 1 aliphatic rings. The quantitative estimate of drug-likeness (QED) is 0.797. The summed E-state index contributed by atoms with van der Waals surface area (Å²) in [7, 11) is 0. The number of nitrogens with zero attached hydrogens (tertiary/aromatic N) is 4. The fraction of sp³-hybridized carbons (Fsp3) is 0.333. The molecule has 1 heterocycles. The van der Waals surface area contributed by atoms with Crippen LogP contribution in [0.3, 0.4) is 0 Å². The Bertz CT molecular complexity index is 675. The normalized spacial score (nSPS) is 14.2. The number of anilines is 1. The molecular formula is C12H11BrClN5OS. The van der Waals surface area contributed by atoms with Crippen molar-refractivity contribution in [3.63, 3.8) is 0 Å². The Hall–Kier alpha value is -1.12. The molecule has 0 unspecified atom stereocenters. The van der Waals surface area contributed by atoms with Gasteiger partial charge < -0.3 is 5.32 Å². The molecule has 1 aliphatic carbocycles. The van der Waals surface area contributed by atoms with Crippen LogP contribution in [0, 0.1) is 0 Å². The smallest absolute Gasteiger partial charge is 0.234 e. The number of aromatic nitrogens is 4. The number of thioether (sulfide) groups is 1. The van der Waals surface area contributed by atoms with Gasteiger partial charge in [0.05, 0.1) is 22.5 Å². The average molecular weight is 389 g/mol. The zero-order valence-electron chi connectivity index (χ0n) is 10.8. The number of benzene rings is 1. The maximum absolute atomic E-state index is 12.0. The summed E-state index contributed by atoms with van der Waals surface area (Å²) in [6.07, 6.45) is 2.19. The molecule has 0 aliphatic heterocycles. The van der Waals surface area contributed by atoms with E-state index >= 15 is 0 Å². The lowest BCUT2D eigenvalue weighted by atomic mass is 10.3. The lowest BCUT2D eigenvalue weighted by Gasteiger charge is -2.07. The highest BCUT2D eigenvalue weighted by Crippen LogP contribution is 2.36. The van der Waals surface area contributed by atoms with Crippen molar-refractivity contribution in [2.45, 2.75) is 24.0 Å². The van der Waals surface area contributed by atoms with Gasteiger partial charge in [0, 0.05) is 4.47 Å². The summed E-state index contributed by atoms with van der Waals surface area (Å²) in [5.74, 6) is 0.0917. The molecule has 0 atom stereocenters. The van der Waals surface area contributed by atoms with Gasteiger partial charge in [0.1, 0.15) is 0 Å². The number of tetrazole rings is 1. The number of hydrogen-bond acceptors (Lipinski definition) is 5. The summed E-state index contributed by atoms with van der Waals surface area (Å²) in [6.45, 7) is 0. The molecule has 1 N–H and O–H groups in total. The first kappa shape index (κ1) is 14.8. The van der Waals surface area contributed by atoms with Crippen molar-refractivity contribution in [3.8, 4) is 0 Å². The van der Waals surface area contributed by atoms with E-state index in [4.69, 9.17) is 11.6 Å². The summed E-state index contributed by atoms with van der Waals surface area (Å²) < 4.78 is 2.65. The molecule has 110 valence electrons. The number of carbonyl (C=O) groups is 1. The maximum Gasteiger partial charge on any atom is 0.234 e. The maximum atomic E-state index is 12.0. The Kier molecular flexibility index (Phi) is 4.46. The summed E-state index contributed by atoms with van der Waals surface area (Å²) in [4.78, 5) is 12.0. The second-order valence-corrected chi connectivity index (χ2v) is 6.86. The highest BCUT2D eigenvalue weighted by molar-refractivity contribution is 9.10. The van der Waals surface area contributed by atoms with Gasteiger partial charge in [0.15, 0.2) is 0 Å². The number of nitrogens with one attached hydrogen (secondary N) is 1. The van der Waals surface area contributed by atoms with Crippen LogP contribution in [-0.4, -0.2) is 31.9 Å². The van der Waals surface area contributed by atoms with Gasteiger partial charge in [-0.15, -0.1) is 5.10 Å². The van der Waals surface area contributed by atoms with Gasteiger partial charge in [-0.1, -0.05) is 39.3 Å². The van der Waals surface area contributed by atoms with E-state index in [0.717, 1.165) is 17.3 Å². The Labute approximate surface area is 138 Å². The molecule has 1 amide bonds. The van der Waals surface area contributed by atoms with Gasteiger partial charge in [-0.25, -0.2) is 4.68 Å². The Morgan fingerprint density at radius 1 is 1.52 bits per heavy atom. The van der Waals surface area contributed by atoms with E-state index in [-0.39, 0.29) is 11.7 Å². The molecule has 3 rings (SSSR count). The minimum absolute atomic E-state index is 0.144. The first-order chi connectivity index (χ1) is 10.1. The molecule has 0 saturated heterocycles. The summed E-state index contributed by atoms with van der Waals surface area (Å²) in [6, 6.07) is 5.70. The van der Waals surface area contributed by atoms with Crippen molar-refractivity contribution in [2.24, 2.45) is 0 Å². The van der Waals surface area contributed by atoms with Gasteiger partial charge in [-0.2, -0.15) is 0 Å². The first-order valence-corrected chi connectivity index (χ1v) is 8.44. The van der Waals surface area contributed by atoms with Crippen molar-refractivity contribution in [1.29, 1.82) is 0 Å². The Morgan fingerprint density at radius 2 is 2.33 bits per heavy atom. The molecule has 2 aromatic rings. The number of amides is 1. The van der Waals surface area contributed by atoms with Crippen LogP contribution in [0.2, 0.25) is 5.02 Å². The highest BCUT2D eigenvalue weighted by atomic mass is 79.9. The van der Waals surface area contributed by atoms with Crippen molar-refractivity contribution in [2.75, 3.05) is 11.1 Å². The molecule has 1 aromatic heterocycles. The fourth-order valence-corrected chi connectivity index (χ4v) is 3.20. The molecule has 9 heteroatoms. The molecule has 6 nitrogen and oxygen atoms in total. The van der Waals surface area contributed by atoms with Gasteiger partial charge in [0.2, 0.25) is 11.1 Å². The monoisotopic (exact) mass is 387 g/mol. The molecule has 1 fully saturated rings. The molecule has 21 heavy (non-hydrogen) atoms. The van der Waals surface area contributed by atoms with Crippen LogP contribution in [0.15, 0.2) is 27.8 Å². The lowest BCUT2D eigenvalue weighted by molar-refractivity contribution is -0.113. The second-order valence-electron chi connectivity index (χ2n) is 4.60. The van der Waals surface area contributed by atoms with Crippen LogP contribution >= 0.6 is 39.3 Å². The summed E-state index contributed by atoms with van der Waals surface area (Å²) in [5.41, 5.74) is 0.590. The number of halogens is 2. The van der Waals surface area contributed by atoms with E-state index in [1.807, 2.05) is 6.07 Å². The predicted molar refractivity (Wildman–Crippen MR) is 84.6 cm³/mol. The molecule has 1 aromatic carbocycles. The van der Waals surface area contributed by atoms with E-state index in [2.05, 4.69) is 36.8 Å². The van der Waals surface area contributed by atoms with E-state index in [1.54, 1.807) is 16.8 Å².